The summed E-state index contributed by atoms with van der Waals surface area (Å²) in [7, 11) is -3.66. The second-order valence-corrected chi connectivity index (χ2v) is 9.10. The van der Waals surface area contributed by atoms with Gasteiger partial charge in [-0.3, -0.25) is 9.10 Å². The Morgan fingerprint density at radius 2 is 1.67 bits per heavy atom. The van der Waals surface area contributed by atoms with Crippen molar-refractivity contribution >= 4 is 33.2 Å². The maximum Gasteiger partial charge on any atom is 0.244 e. The molecule has 0 aliphatic rings. The second kappa shape index (κ2) is 8.31. The molecule has 0 saturated heterocycles. The van der Waals surface area contributed by atoms with E-state index in [9.17, 15) is 13.2 Å². The van der Waals surface area contributed by atoms with Crippen LogP contribution < -0.4 is 9.62 Å². The van der Waals surface area contributed by atoms with E-state index in [1.165, 1.54) is 0 Å². The van der Waals surface area contributed by atoms with Crippen molar-refractivity contribution in [1.82, 2.24) is 5.32 Å². The first-order chi connectivity index (χ1) is 12.5. The van der Waals surface area contributed by atoms with E-state index >= 15 is 0 Å². The molecule has 0 saturated carbocycles. The van der Waals surface area contributed by atoms with E-state index in [-0.39, 0.29) is 11.9 Å². The number of halogens is 1. The molecule has 0 aliphatic heterocycles. The lowest BCUT2D eigenvalue weighted by atomic mass is 10.00. The molecule has 7 heteroatoms. The molecule has 27 heavy (non-hydrogen) atoms. The molecule has 0 unspecified atom stereocenters. The molecule has 2 aromatic carbocycles. The first-order valence-corrected chi connectivity index (χ1v) is 10.9. The quantitative estimate of drug-likeness (QED) is 0.785. The third-order valence-electron chi connectivity index (χ3n) is 4.42. The Morgan fingerprint density at radius 3 is 2.19 bits per heavy atom. The van der Waals surface area contributed by atoms with Gasteiger partial charge >= 0.3 is 0 Å². The third kappa shape index (κ3) is 5.23. The number of benzene rings is 2. The Labute approximate surface area is 166 Å². The zero-order chi connectivity index (χ0) is 20.4. The maximum atomic E-state index is 12.8. The number of amides is 1. The summed E-state index contributed by atoms with van der Waals surface area (Å²) in [5.74, 6) is -0.372. The summed E-state index contributed by atoms with van der Waals surface area (Å²) >= 11 is 5.89. The number of nitrogens with zero attached hydrogens (tertiary/aromatic N) is 1. The summed E-state index contributed by atoms with van der Waals surface area (Å²) in [4.78, 5) is 12.8. The zero-order valence-electron chi connectivity index (χ0n) is 16.2. The van der Waals surface area contributed by atoms with Crippen LogP contribution in [0.5, 0.6) is 0 Å². The van der Waals surface area contributed by atoms with Crippen molar-refractivity contribution < 1.29 is 13.2 Å². The fourth-order valence-corrected chi connectivity index (χ4v) is 4.42. The van der Waals surface area contributed by atoms with Crippen LogP contribution in [0.1, 0.15) is 36.6 Å². The molecule has 2 rings (SSSR count). The van der Waals surface area contributed by atoms with Crippen LogP contribution in [0.2, 0.25) is 5.02 Å². The monoisotopic (exact) mass is 408 g/mol. The first kappa shape index (κ1) is 21.3. The van der Waals surface area contributed by atoms with Gasteiger partial charge in [0.1, 0.15) is 6.04 Å². The third-order valence-corrected chi connectivity index (χ3v) is 5.91. The molecule has 2 aromatic rings. The van der Waals surface area contributed by atoms with Gasteiger partial charge in [0.2, 0.25) is 15.9 Å². The molecule has 0 radical (unpaired) electrons. The molecular formula is C20H25ClN2O3S. The van der Waals surface area contributed by atoms with E-state index in [1.807, 2.05) is 32.9 Å². The van der Waals surface area contributed by atoms with Crippen molar-refractivity contribution in [2.45, 2.75) is 39.8 Å². The Morgan fingerprint density at radius 1 is 1.07 bits per heavy atom. The highest BCUT2D eigenvalue weighted by Crippen LogP contribution is 2.24. The van der Waals surface area contributed by atoms with Gasteiger partial charge in [0.15, 0.2) is 0 Å². The van der Waals surface area contributed by atoms with Gasteiger partial charge in [-0.15, -0.1) is 0 Å². The zero-order valence-corrected chi connectivity index (χ0v) is 17.7. The minimum atomic E-state index is -3.66. The summed E-state index contributed by atoms with van der Waals surface area (Å²) in [6.07, 6.45) is 1.08. The topological polar surface area (TPSA) is 66.5 Å². The average Bonchev–Trinajstić information content (AvgIpc) is 2.55. The summed E-state index contributed by atoms with van der Waals surface area (Å²) in [5.41, 5.74) is 3.62. The highest BCUT2D eigenvalue weighted by Gasteiger charge is 2.30. The number of rotatable bonds is 6. The minimum absolute atomic E-state index is 0.243. The van der Waals surface area contributed by atoms with Crippen molar-refractivity contribution in [3.8, 4) is 0 Å². The Bertz CT molecular complexity index is 927. The molecule has 0 bridgehead atoms. The molecule has 0 heterocycles. The largest absolute Gasteiger partial charge is 0.348 e. The van der Waals surface area contributed by atoms with E-state index in [0.717, 1.165) is 27.3 Å². The van der Waals surface area contributed by atoms with Crippen molar-refractivity contribution in [2.24, 2.45) is 0 Å². The van der Waals surface area contributed by atoms with Crippen molar-refractivity contribution in [3.05, 3.63) is 64.2 Å². The fraction of sp³-hybridized carbons (Fsp3) is 0.350. The molecule has 146 valence electrons. The maximum absolute atomic E-state index is 12.8. The number of aryl methyl sites for hydroxylation is 2. The lowest BCUT2D eigenvalue weighted by Gasteiger charge is -2.29. The van der Waals surface area contributed by atoms with Crippen LogP contribution in [-0.4, -0.2) is 26.6 Å². The van der Waals surface area contributed by atoms with Crippen LogP contribution in [0.3, 0.4) is 0 Å². The number of nitrogens with one attached hydrogen (secondary N) is 1. The number of sulfonamides is 1. The summed E-state index contributed by atoms with van der Waals surface area (Å²) in [6, 6.07) is 11.2. The Hall–Kier alpha value is -2.05. The number of hydrogen-bond donors (Lipinski definition) is 1. The molecule has 0 fully saturated rings. The van der Waals surface area contributed by atoms with Gasteiger partial charge in [0.05, 0.1) is 18.0 Å². The number of hydrogen-bond acceptors (Lipinski definition) is 3. The minimum Gasteiger partial charge on any atom is -0.348 e. The Balaban J connectivity index is 2.25. The lowest BCUT2D eigenvalue weighted by molar-refractivity contribution is -0.122. The highest BCUT2D eigenvalue weighted by atomic mass is 35.5. The van der Waals surface area contributed by atoms with Crippen LogP contribution in [0.25, 0.3) is 0 Å². The van der Waals surface area contributed by atoms with Gasteiger partial charge in [-0.25, -0.2) is 8.42 Å². The van der Waals surface area contributed by atoms with Crippen molar-refractivity contribution in [3.63, 3.8) is 0 Å². The van der Waals surface area contributed by atoms with Gasteiger partial charge in [0.25, 0.3) is 0 Å². The first-order valence-electron chi connectivity index (χ1n) is 8.63. The summed E-state index contributed by atoms with van der Waals surface area (Å²) in [5, 5.41) is 3.41. The molecule has 1 amide bonds. The van der Waals surface area contributed by atoms with Crippen LogP contribution in [0.4, 0.5) is 5.69 Å². The van der Waals surface area contributed by atoms with Crippen LogP contribution >= 0.6 is 11.6 Å². The summed E-state index contributed by atoms with van der Waals surface area (Å²) < 4.78 is 25.8. The van der Waals surface area contributed by atoms with Gasteiger partial charge in [-0.05, 0) is 63.1 Å². The molecule has 2 atom stereocenters. The van der Waals surface area contributed by atoms with E-state index in [1.54, 1.807) is 31.2 Å². The van der Waals surface area contributed by atoms with Gasteiger partial charge in [0, 0.05) is 5.02 Å². The lowest BCUT2D eigenvalue weighted by Crippen LogP contribution is -2.48. The van der Waals surface area contributed by atoms with Gasteiger partial charge < -0.3 is 5.32 Å². The van der Waals surface area contributed by atoms with Crippen LogP contribution in [0, 0.1) is 13.8 Å². The Kier molecular flexibility index (Phi) is 6.54. The molecule has 5 nitrogen and oxygen atoms in total. The van der Waals surface area contributed by atoms with Crippen molar-refractivity contribution in [1.29, 1.82) is 0 Å². The standard InChI is InChI=1S/C20H25ClN2O3S/c1-13-6-11-19(14(2)12-13)15(3)22-20(24)16(4)23(27(5,25)26)18-9-7-17(21)8-10-18/h6-12,15-16H,1-5H3,(H,22,24)/t15-,16+/m1/s1. The van der Waals surface area contributed by atoms with Gasteiger partial charge in [-0.1, -0.05) is 35.4 Å². The number of carbonyl (C=O) groups is 1. The van der Waals surface area contributed by atoms with E-state index in [0.29, 0.717) is 10.7 Å². The predicted molar refractivity (Wildman–Crippen MR) is 111 cm³/mol. The molecule has 0 aliphatic carbocycles. The predicted octanol–water partition coefficient (Wildman–Crippen LogP) is 3.99. The molecular weight excluding hydrogens is 384 g/mol. The van der Waals surface area contributed by atoms with Gasteiger partial charge in [-0.2, -0.15) is 0 Å². The van der Waals surface area contributed by atoms with E-state index in [2.05, 4.69) is 11.4 Å². The van der Waals surface area contributed by atoms with E-state index < -0.39 is 16.1 Å². The summed E-state index contributed by atoms with van der Waals surface area (Å²) in [6.45, 7) is 7.46. The normalized spacial score (nSPS) is 13.7. The number of carbonyl (C=O) groups excluding carboxylic acids is 1. The highest BCUT2D eigenvalue weighted by molar-refractivity contribution is 7.92. The smallest absolute Gasteiger partial charge is 0.244 e. The van der Waals surface area contributed by atoms with Crippen molar-refractivity contribution in [2.75, 3.05) is 10.6 Å². The molecule has 0 aromatic heterocycles. The average molecular weight is 409 g/mol. The SMILES string of the molecule is Cc1ccc([C@@H](C)NC(=O)[C@H](C)N(c2ccc(Cl)cc2)S(C)(=O)=O)c(C)c1. The van der Waals surface area contributed by atoms with E-state index in [4.69, 9.17) is 11.6 Å². The second-order valence-electron chi connectivity index (χ2n) is 6.80. The molecule has 1 N–H and O–H groups in total. The number of anilines is 1. The fourth-order valence-electron chi connectivity index (χ4n) is 3.12. The molecule has 0 spiro atoms. The van der Waals surface area contributed by atoms with Crippen LogP contribution in [-0.2, 0) is 14.8 Å². The van der Waals surface area contributed by atoms with Crippen LogP contribution in [0.15, 0.2) is 42.5 Å².